The van der Waals surface area contributed by atoms with Gasteiger partial charge in [0.2, 0.25) is 0 Å². The molecule has 3 N–H and O–H groups in total. The quantitative estimate of drug-likeness (QED) is 0.834. The Balaban J connectivity index is 2.36. The number of nitrogens with two attached hydrogens (primary N) is 1. The van der Waals surface area contributed by atoms with E-state index in [1.807, 2.05) is 6.92 Å². The molecule has 8 heteroatoms. The second kappa shape index (κ2) is 5.97. The van der Waals surface area contributed by atoms with E-state index in [2.05, 4.69) is 9.71 Å². The number of aromatic nitrogens is 1. The van der Waals surface area contributed by atoms with Crippen LogP contribution in [0, 0.1) is 6.92 Å². The van der Waals surface area contributed by atoms with Gasteiger partial charge in [-0.25, -0.2) is 8.42 Å². The minimum absolute atomic E-state index is 0.0222. The fraction of sp³-hybridized carbons (Fsp3) is 0.0769. The molecule has 0 spiro atoms. The lowest BCUT2D eigenvalue weighted by Gasteiger charge is -2.10. The molecular formula is C13H12ClN3O2S2. The average molecular weight is 342 g/mol. The molecule has 5 nitrogen and oxygen atoms in total. The number of nitrogens with zero attached hydrogens (tertiary/aromatic N) is 1. The molecule has 110 valence electrons. The summed E-state index contributed by atoms with van der Waals surface area (Å²) in [5, 5.41) is 0.188. The molecule has 21 heavy (non-hydrogen) atoms. The summed E-state index contributed by atoms with van der Waals surface area (Å²) >= 11 is 10.8. The van der Waals surface area contributed by atoms with Crippen LogP contribution in [0.25, 0.3) is 0 Å². The molecule has 0 aliphatic rings. The second-order valence-corrected chi connectivity index (χ2v) is 6.89. The molecule has 0 atom stereocenters. The van der Waals surface area contributed by atoms with Gasteiger partial charge in [0, 0.05) is 11.8 Å². The van der Waals surface area contributed by atoms with Crippen molar-refractivity contribution >= 4 is 44.5 Å². The van der Waals surface area contributed by atoms with E-state index in [0.717, 1.165) is 5.56 Å². The molecule has 0 aliphatic heterocycles. The number of rotatable bonds is 4. The van der Waals surface area contributed by atoms with Crippen molar-refractivity contribution in [2.75, 3.05) is 4.72 Å². The lowest BCUT2D eigenvalue weighted by atomic mass is 10.2. The molecular weight excluding hydrogens is 330 g/mol. The highest BCUT2D eigenvalue weighted by Gasteiger charge is 2.16. The predicted molar refractivity (Wildman–Crippen MR) is 87.1 cm³/mol. The maximum Gasteiger partial charge on any atom is 0.261 e. The minimum atomic E-state index is -3.75. The van der Waals surface area contributed by atoms with Crippen LogP contribution in [0.4, 0.5) is 5.69 Å². The van der Waals surface area contributed by atoms with Crippen LogP contribution in [-0.4, -0.2) is 18.4 Å². The van der Waals surface area contributed by atoms with Gasteiger partial charge in [0.1, 0.15) is 4.99 Å². The summed E-state index contributed by atoms with van der Waals surface area (Å²) in [4.78, 5) is 4.06. The van der Waals surface area contributed by atoms with Gasteiger partial charge in [-0.2, -0.15) is 0 Å². The molecule has 0 unspecified atom stereocenters. The van der Waals surface area contributed by atoms with Gasteiger partial charge in [0.25, 0.3) is 10.0 Å². The standard InChI is InChI=1S/C13H12ClN3O2S2/c1-8-4-9(7-16-6-8)17-21(18,19)10-2-3-11(13(15)20)12(14)5-10/h2-7,17H,1H3,(H2,15,20). The Kier molecular flexibility index (Phi) is 4.46. The third kappa shape index (κ3) is 3.69. The third-order valence-electron chi connectivity index (χ3n) is 2.64. The summed E-state index contributed by atoms with van der Waals surface area (Å²) in [5.74, 6) is 0. The van der Waals surface area contributed by atoms with Crippen LogP contribution in [-0.2, 0) is 10.0 Å². The third-order valence-corrected chi connectivity index (χ3v) is 4.56. The Morgan fingerprint density at radius 3 is 2.62 bits per heavy atom. The van der Waals surface area contributed by atoms with E-state index in [0.29, 0.717) is 11.3 Å². The number of pyridine rings is 1. The van der Waals surface area contributed by atoms with Crippen molar-refractivity contribution < 1.29 is 8.42 Å². The van der Waals surface area contributed by atoms with Gasteiger partial charge < -0.3 is 5.73 Å². The lowest BCUT2D eigenvalue weighted by molar-refractivity contribution is 0.601. The van der Waals surface area contributed by atoms with Gasteiger partial charge in [-0.15, -0.1) is 0 Å². The molecule has 0 radical (unpaired) electrons. The molecule has 1 aromatic heterocycles. The van der Waals surface area contributed by atoms with Gasteiger partial charge in [-0.3, -0.25) is 9.71 Å². The van der Waals surface area contributed by atoms with Gasteiger partial charge in [0.05, 0.1) is 21.8 Å². The zero-order valence-electron chi connectivity index (χ0n) is 11.0. The minimum Gasteiger partial charge on any atom is -0.389 e. The summed E-state index contributed by atoms with van der Waals surface area (Å²) in [6.45, 7) is 1.82. The number of hydrogen-bond acceptors (Lipinski definition) is 4. The summed E-state index contributed by atoms with van der Waals surface area (Å²) in [6.07, 6.45) is 3.06. The van der Waals surface area contributed by atoms with Crippen molar-refractivity contribution in [3.05, 3.63) is 52.8 Å². The summed E-state index contributed by atoms with van der Waals surface area (Å²) in [5.41, 5.74) is 7.14. The van der Waals surface area contributed by atoms with Crippen LogP contribution in [0.1, 0.15) is 11.1 Å². The van der Waals surface area contributed by atoms with Crippen LogP contribution >= 0.6 is 23.8 Å². The summed E-state index contributed by atoms with van der Waals surface area (Å²) < 4.78 is 27.0. The molecule has 0 saturated heterocycles. The molecule has 1 aromatic carbocycles. The maximum absolute atomic E-state index is 12.3. The monoisotopic (exact) mass is 341 g/mol. The largest absolute Gasteiger partial charge is 0.389 e. The van der Waals surface area contributed by atoms with E-state index >= 15 is 0 Å². The van der Waals surface area contributed by atoms with E-state index in [4.69, 9.17) is 29.6 Å². The van der Waals surface area contributed by atoms with Crippen molar-refractivity contribution in [3.8, 4) is 0 Å². The fourth-order valence-electron chi connectivity index (χ4n) is 1.69. The molecule has 0 amide bonds. The van der Waals surface area contributed by atoms with Crippen LogP contribution < -0.4 is 10.5 Å². The zero-order chi connectivity index (χ0) is 15.6. The number of thiocarbonyl (C=S) groups is 1. The summed E-state index contributed by atoms with van der Waals surface area (Å²) in [7, 11) is -3.75. The van der Waals surface area contributed by atoms with Crippen LogP contribution in [0.2, 0.25) is 5.02 Å². The smallest absolute Gasteiger partial charge is 0.261 e. The number of sulfonamides is 1. The number of anilines is 1. The van der Waals surface area contributed by atoms with Gasteiger partial charge in [-0.1, -0.05) is 23.8 Å². The summed E-state index contributed by atoms with van der Waals surface area (Å²) in [6, 6.07) is 5.86. The van der Waals surface area contributed by atoms with Crippen molar-refractivity contribution in [1.82, 2.24) is 4.98 Å². The Morgan fingerprint density at radius 1 is 1.33 bits per heavy atom. The first-order valence-electron chi connectivity index (χ1n) is 5.83. The number of nitrogens with one attached hydrogen (secondary N) is 1. The molecule has 1 heterocycles. The van der Waals surface area contributed by atoms with Crippen LogP contribution in [0.3, 0.4) is 0 Å². The zero-order valence-corrected chi connectivity index (χ0v) is 13.4. The first kappa shape index (κ1) is 15.7. The second-order valence-electron chi connectivity index (χ2n) is 4.36. The fourth-order valence-corrected chi connectivity index (χ4v) is 3.33. The lowest BCUT2D eigenvalue weighted by Crippen LogP contribution is -2.15. The van der Waals surface area contributed by atoms with Gasteiger partial charge in [-0.05, 0) is 36.8 Å². The van der Waals surface area contributed by atoms with Crippen molar-refractivity contribution in [3.63, 3.8) is 0 Å². The molecule has 0 saturated carbocycles. The molecule has 2 rings (SSSR count). The molecule has 0 bridgehead atoms. The normalized spacial score (nSPS) is 11.1. The maximum atomic E-state index is 12.3. The molecule has 2 aromatic rings. The van der Waals surface area contributed by atoms with E-state index in [1.165, 1.54) is 24.4 Å². The predicted octanol–water partition coefficient (Wildman–Crippen LogP) is 2.48. The van der Waals surface area contributed by atoms with Crippen molar-refractivity contribution in [2.45, 2.75) is 11.8 Å². The Morgan fingerprint density at radius 2 is 2.05 bits per heavy atom. The first-order valence-corrected chi connectivity index (χ1v) is 8.10. The van der Waals surface area contributed by atoms with E-state index in [1.54, 1.807) is 12.3 Å². The number of hydrogen-bond donors (Lipinski definition) is 2. The Labute approximate surface area is 133 Å². The van der Waals surface area contributed by atoms with Gasteiger partial charge >= 0.3 is 0 Å². The van der Waals surface area contributed by atoms with Crippen LogP contribution in [0.5, 0.6) is 0 Å². The van der Waals surface area contributed by atoms with Crippen molar-refractivity contribution in [1.29, 1.82) is 0 Å². The Bertz CT molecular complexity index is 807. The topological polar surface area (TPSA) is 85.1 Å². The molecule has 0 aliphatic carbocycles. The number of aryl methyl sites for hydroxylation is 1. The van der Waals surface area contributed by atoms with E-state index in [-0.39, 0.29) is 14.9 Å². The van der Waals surface area contributed by atoms with Crippen molar-refractivity contribution in [2.24, 2.45) is 5.73 Å². The average Bonchev–Trinajstić information content (AvgIpc) is 2.37. The highest BCUT2D eigenvalue weighted by atomic mass is 35.5. The highest BCUT2D eigenvalue weighted by molar-refractivity contribution is 7.92. The van der Waals surface area contributed by atoms with Crippen LogP contribution in [0.15, 0.2) is 41.6 Å². The van der Waals surface area contributed by atoms with E-state index < -0.39 is 10.0 Å². The van der Waals surface area contributed by atoms with E-state index in [9.17, 15) is 8.42 Å². The SMILES string of the molecule is Cc1cncc(NS(=O)(=O)c2ccc(C(N)=S)c(Cl)c2)c1. The molecule has 0 fully saturated rings. The highest BCUT2D eigenvalue weighted by Crippen LogP contribution is 2.22. The first-order chi connectivity index (χ1) is 9.79. The Hall–Kier alpha value is -1.70. The van der Waals surface area contributed by atoms with Gasteiger partial charge in [0.15, 0.2) is 0 Å². The number of benzene rings is 1. The number of halogens is 1.